The molecule has 0 saturated carbocycles. The molecule has 1 atom stereocenters. The lowest BCUT2D eigenvalue weighted by molar-refractivity contribution is 0.0746. The number of carbonyl (C=O) groups is 1. The smallest absolute Gasteiger partial charge is 0.292 e. The van der Waals surface area contributed by atoms with Crippen molar-refractivity contribution in [2.45, 2.75) is 12.8 Å². The molecule has 118 valence electrons. The Morgan fingerprint density at radius 2 is 2.13 bits per heavy atom. The molecule has 8 nitrogen and oxygen atoms in total. The van der Waals surface area contributed by atoms with E-state index in [-0.39, 0.29) is 17.6 Å². The van der Waals surface area contributed by atoms with Gasteiger partial charge in [0.2, 0.25) is 5.76 Å². The SMILES string of the molecule is CC(CN(C)C(=O)c1cc(-c2ccccc2)no1)c1nn[nH]n1. The maximum absolute atomic E-state index is 12.4. The standard InChI is InChI=1S/C15H16N6O2/c1-10(14-16-19-20-17-14)9-21(2)15(22)13-8-12(18-23-13)11-6-4-3-5-7-11/h3-8,10H,9H2,1-2H3,(H,16,17,19,20). The molecule has 0 fully saturated rings. The molecule has 0 aliphatic heterocycles. The van der Waals surface area contributed by atoms with Crippen molar-refractivity contribution in [3.05, 3.63) is 48.0 Å². The van der Waals surface area contributed by atoms with Crippen molar-refractivity contribution in [2.24, 2.45) is 0 Å². The molecule has 3 rings (SSSR count). The van der Waals surface area contributed by atoms with Gasteiger partial charge in [-0.15, -0.1) is 10.2 Å². The van der Waals surface area contributed by atoms with Gasteiger partial charge in [0.1, 0.15) is 5.69 Å². The normalized spacial score (nSPS) is 12.1. The van der Waals surface area contributed by atoms with Crippen molar-refractivity contribution in [1.82, 2.24) is 30.7 Å². The van der Waals surface area contributed by atoms with E-state index >= 15 is 0 Å². The van der Waals surface area contributed by atoms with E-state index < -0.39 is 0 Å². The van der Waals surface area contributed by atoms with E-state index in [0.29, 0.717) is 18.1 Å². The van der Waals surface area contributed by atoms with Gasteiger partial charge in [-0.1, -0.05) is 47.6 Å². The number of hydrogen-bond donors (Lipinski definition) is 1. The predicted molar refractivity (Wildman–Crippen MR) is 81.5 cm³/mol. The van der Waals surface area contributed by atoms with Crippen LogP contribution in [-0.2, 0) is 0 Å². The quantitative estimate of drug-likeness (QED) is 0.770. The number of likely N-dealkylation sites (N-methyl/N-ethyl adjacent to an activating group) is 1. The van der Waals surface area contributed by atoms with Gasteiger partial charge in [-0.3, -0.25) is 4.79 Å². The van der Waals surface area contributed by atoms with E-state index in [0.717, 1.165) is 5.56 Å². The van der Waals surface area contributed by atoms with Crippen LogP contribution in [0.5, 0.6) is 0 Å². The number of aromatic nitrogens is 5. The monoisotopic (exact) mass is 312 g/mol. The average molecular weight is 312 g/mol. The largest absolute Gasteiger partial charge is 0.350 e. The van der Waals surface area contributed by atoms with Crippen LogP contribution >= 0.6 is 0 Å². The molecule has 0 radical (unpaired) electrons. The van der Waals surface area contributed by atoms with Gasteiger partial charge in [0.05, 0.1) is 0 Å². The minimum absolute atomic E-state index is 0.0424. The van der Waals surface area contributed by atoms with Crippen molar-refractivity contribution in [2.75, 3.05) is 13.6 Å². The molecule has 0 spiro atoms. The molecule has 1 unspecified atom stereocenters. The predicted octanol–water partition coefficient (Wildman–Crippen LogP) is 1.73. The summed E-state index contributed by atoms with van der Waals surface area (Å²) in [5, 5.41) is 17.7. The lowest BCUT2D eigenvalue weighted by Gasteiger charge is -2.18. The second-order valence-corrected chi connectivity index (χ2v) is 5.30. The molecule has 1 aromatic carbocycles. The fraction of sp³-hybridized carbons (Fsp3) is 0.267. The Morgan fingerprint density at radius 1 is 1.35 bits per heavy atom. The highest BCUT2D eigenvalue weighted by Gasteiger charge is 2.21. The summed E-state index contributed by atoms with van der Waals surface area (Å²) in [5.41, 5.74) is 1.53. The molecule has 0 bridgehead atoms. The van der Waals surface area contributed by atoms with Crippen LogP contribution in [0.4, 0.5) is 0 Å². The molecule has 23 heavy (non-hydrogen) atoms. The first kappa shape index (κ1) is 14.9. The van der Waals surface area contributed by atoms with Crippen molar-refractivity contribution in [1.29, 1.82) is 0 Å². The fourth-order valence-corrected chi connectivity index (χ4v) is 2.26. The van der Waals surface area contributed by atoms with Gasteiger partial charge in [-0.05, 0) is 0 Å². The first-order valence-corrected chi connectivity index (χ1v) is 7.16. The number of aromatic amines is 1. The lowest BCUT2D eigenvalue weighted by atomic mass is 10.1. The minimum Gasteiger partial charge on any atom is -0.350 e. The van der Waals surface area contributed by atoms with E-state index in [4.69, 9.17) is 4.52 Å². The van der Waals surface area contributed by atoms with E-state index in [9.17, 15) is 4.79 Å². The van der Waals surface area contributed by atoms with E-state index in [1.807, 2.05) is 37.3 Å². The molecule has 8 heteroatoms. The molecule has 2 heterocycles. The average Bonchev–Trinajstić information content (AvgIpc) is 3.26. The third kappa shape index (κ3) is 3.25. The maximum Gasteiger partial charge on any atom is 0.292 e. The second-order valence-electron chi connectivity index (χ2n) is 5.30. The third-order valence-electron chi connectivity index (χ3n) is 3.49. The van der Waals surface area contributed by atoms with Crippen molar-refractivity contribution >= 4 is 5.91 Å². The molecule has 0 aliphatic carbocycles. The summed E-state index contributed by atoms with van der Waals surface area (Å²) in [6.45, 7) is 2.37. The van der Waals surface area contributed by atoms with Gasteiger partial charge >= 0.3 is 0 Å². The number of hydrogen-bond acceptors (Lipinski definition) is 6. The Morgan fingerprint density at radius 3 is 2.83 bits per heavy atom. The van der Waals surface area contributed by atoms with Gasteiger partial charge in [0.25, 0.3) is 5.91 Å². The van der Waals surface area contributed by atoms with Crippen LogP contribution < -0.4 is 0 Å². The van der Waals surface area contributed by atoms with Crippen molar-refractivity contribution < 1.29 is 9.32 Å². The van der Waals surface area contributed by atoms with Crippen LogP contribution in [-0.4, -0.2) is 50.2 Å². The second kappa shape index (κ2) is 6.39. The number of nitrogens with one attached hydrogen (secondary N) is 1. The van der Waals surface area contributed by atoms with E-state index in [1.54, 1.807) is 18.0 Å². The Hall–Kier alpha value is -3.03. The summed E-state index contributed by atoms with van der Waals surface area (Å²) < 4.78 is 5.18. The molecular formula is C15H16N6O2. The minimum atomic E-state index is -0.241. The summed E-state index contributed by atoms with van der Waals surface area (Å²) in [5.74, 6) is 0.480. The van der Waals surface area contributed by atoms with Gasteiger partial charge in [-0.2, -0.15) is 5.21 Å². The zero-order valence-electron chi connectivity index (χ0n) is 12.8. The van der Waals surface area contributed by atoms with Gasteiger partial charge in [0, 0.05) is 31.1 Å². The van der Waals surface area contributed by atoms with E-state index in [2.05, 4.69) is 25.8 Å². The fourth-order valence-electron chi connectivity index (χ4n) is 2.26. The van der Waals surface area contributed by atoms with E-state index in [1.165, 1.54) is 0 Å². The Bertz CT molecular complexity index is 768. The number of carbonyl (C=O) groups excluding carboxylic acids is 1. The highest BCUT2D eigenvalue weighted by atomic mass is 16.5. The topological polar surface area (TPSA) is 101 Å². The summed E-state index contributed by atoms with van der Waals surface area (Å²) in [6.07, 6.45) is 0. The first-order chi connectivity index (χ1) is 11.1. The number of benzene rings is 1. The molecule has 0 saturated heterocycles. The van der Waals surface area contributed by atoms with Gasteiger partial charge < -0.3 is 9.42 Å². The zero-order chi connectivity index (χ0) is 16.2. The first-order valence-electron chi connectivity index (χ1n) is 7.16. The van der Waals surface area contributed by atoms with Gasteiger partial charge in [-0.25, -0.2) is 0 Å². The molecule has 1 N–H and O–H groups in total. The number of H-pyrrole nitrogens is 1. The number of rotatable bonds is 5. The highest BCUT2D eigenvalue weighted by Crippen LogP contribution is 2.20. The van der Waals surface area contributed by atoms with Crippen LogP contribution in [0.2, 0.25) is 0 Å². The highest BCUT2D eigenvalue weighted by molar-refractivity contribution is 5.92. The number of amides is 1. The maximum atomic E-state index is 12.4. The summed E-state index contributed by atoms with van der Waals surface area (Å²) in [7, 11) is 1.70. The Kier molecular flexibility index (Phi) is 4.13. The van der Waals surface area contributed by atoms with Crippen LogP contribution in [0, 0.1) is 0 Å². The van der Waals surface area contributed by atoms with Crippen LogP contribution in [0.25, 0.3) is 11.3 Å². The van der Waals surface area contributed by atoms with Crippen LogP contribution in [0.15, 0.2) is 40.9 Å². The van der Waals surface area contributed by atoms with Crippen LogP contribution in [0.1, 0.15) is 29.2 Å². The molecule has 1 amide bonds. The summed E-state index contributed by atoms with van der Waals surface area (Å²) in [4.78, 5) is 14.0. The zero-order valence-corrected chi connectivity index (χ0v) is 12.8. The third-order valence-corrected chi connectivity index (χ3v) is 3.49. The molecule has 3 aromatic rings. The van der Waals surface area contributed by atoms with Crippen molar-refractivity contribution in [3.8, 4) is 11.3 Å². The Balaban J connectivity index is 1.69. The van der Waals surface area contributed by atoms with Crippen molar-refractivity contribution in [3.63, 3.8) is 0 Å². The molecule has 2 aromatic heterocycles. The summed E-state index contributed by atoms with van der Waals surface area (Å²) >= 11 is 0. The number of nitrogens with zero attached hydrogens (tertiary/aromatic N) is 5. The van der Waals surface area contributed by atoms with Crippen LogP contribution in [0.3, 0.4) is 0 Å². The number of tetrazole rings is 1. The molecule has 0 aliphatic rings. The molecular weight excluding hydrogens is 296 g/mol. The summed E-state index contributed by atoms with van der Waals surface area (Å²) in [6, 6.07) is 11.2. The Labute approximate surface area is 132 Å². The van der Waals surface area contributed by atoms with Gasteiger partial charge in [0.15, 0.2) is 5.82 Å². The lowest BCUT2D eigenvalue weighted by Crippen LogP contribution is -2.30.